The Morgan fingerprint density at radius 1 is 1.38 bits per heavy atom. The van der Waals surface area contributed by atoms with E-state index in [1.807, 2.05) is 18.3 Å². The Kier molecular flexibility index (Phi) is 4.80. The smallest absolute Gasteiger partial charge is 0.213 e. The molecule has 16 heavy (non-hydrogen) atoms. The van der Waals surface area contributed by atoms with Crippen LogP contribution < -0.4 is 4.74 Å². The van der Waals surface area contributed by atoms with Crippen molar-refractivity contribution in [1.82, 2.24) is 9.88 Å². The first kappa shape index (κ1) is 12.1. The Morgan fingerprint density at radius 3 is 2.88 bits per heavy atom. The standard InChI is InChI=1S/C11H15IN2O2/c12-10-1-2-11(13-9-10)16-8-5-14-3-6-15-7-4-14/h1-2,9H,3-8H2. The predicted octanol–water partition coefficient (Wildman–Crippen LogP) is 1.40. The van der Waals surface area contributed by atoms with Crippen LogP contribution in [0.2, 0.25) is 0 Å². The van der Waals surface area contributed by atoms with Crippen LogP contribution in [0.1, 0.15) is 0 Å². The predicted molar refractivity (Wildman–Crippen MR) is 69.7 cm³/mol. The molecule has 1 fully saturated rings. The molecule has 0 spiro atoms. The van der Waals surface area contributed by atoms with Gasteiger partial charge in [-0.05, 0) is 28.7 Å². The molecule has 2 rings (SSSR count). The lowest BCUT2D eigenvalue weighted by molar-refractivity contribution is 0.0320. The van der Waals surface area contributed by atoms with Gasteiger partial charge in [0.05, 0.1) is 13.2 Å². The van der Waals surface area contributed by atoms with E-state index in [4.69, 9.17) is 9.47 Å². The van der Waals surface area contributed by atoms with Crippen molar-refractivity contribution >= 4 is 22.6 Å². The Labute approximate surface area is 109 Å². The molecular weight excluding hydrogens is 319 g/mol. The first-order chi connectivity index (χ1) is 7.84. The van der Waals surface area contributed by atoms with Gasteiger partial charge in [0.25, 0.3) is 0 Å². The van der Waals surface area contributed by atoms with E-state index in [0.717, 1.165) is 36.4 Å². The number of aromatic nitrogens is 1. The second kappa shape index (κ2) is 6.36. The van der Waals surface area contributed by atoms with Gasteiger partial charge >= 0.3 is 0 Å². The summed E-state index contributed by atoms with van der Waals surface area (Å²) < 4.78 is 12.0. The van der Waals surface area contributed by atoms with Crippen molar-refractivity contribution in [1.29, 1.82) is 0 Å². The summed E-state index contributed by atoms with van der Waals surface area (Å²) in [6.45, 7) is 5.31. The highest BCUT2D eigenvalue weighted by atomic mass is 127. The lowest BCUT2D eigenvalue weighted by Gasteiger charge is -2.26. The van der Waals surface area contributed by atoms with E-state index in [9.17, 15) is 0 Å². The summed E-state index contributed by atoms with van der Waals surface area (Å²) in [5.41, 5.74) is 0. The Bertz CT molecular complexity index is 312. The third-order valence-electron chi connectivity index (χ3n) is 2.46. The van der Waals surface area contributed by atoms with Crippen LogP contribution in [0.4, 0.5) is 0 Å². The highest BCUT2D eigenvalue weighted by Gasteiger charge is 2.09. The average Bonchev–Trinajstić information content (AvgIpc) is 2.33. The van der Waals surface area contributed by atoms with E-state index < -0.39 is 0 Å². The van der Waals surface area contributed by atoms with Gasteiger partial charge in [-0.25, -0.2) is 4.98 Å². The molecule has 0 aliphatic carbocycles. The van der Waals surface area contributed by atoms with E-state index in [-0.39, 0.29) is 0 Å². The number of pyridine rings is 1. The third-order valence-corrected chi connectivity index (χ3v) is 3.10. The van der Waals surface area contributed by atoms with Crippen molar-refractivity contribution in [3.63, 3.8) is 0 Å². The van der Waals surface area contributed by atoms with Crippen LogP contribution in [0.25, 0.3) is 0 Å². The minimum atomic E-state index is 0.688. The van der Waals surface area contributed by atoms with Crippen LogP contribution in [0.15, 0.2) is 18.3 Å². The van der Waals surface area contributed by atoms with E-state index in [2.05, 4.69) is 32.5 Å². The average molecular weight is 334 g/mol. The number of hydrogen-bond acceptors (Lipinski definition) is 4. The monoisotopic (exact) mass is 334 g/mol. The summed E-state index contributed by atoms with van der Waals surface area (Å²) in [6, 6.07) is 3.90. The van der Waals surface area contributed by atoms with Crippen LogP contribution in [-0.4, -0.2) is 49.3 Å². The van der Waals surface area contributed by atoms with Crippen LogP contribution in [0.3, 0.4) is 0 Å². The first-order valence-electron chi connectivity index (χ1n) is 5.39. The molecular formula is C11H15IN2O2. The molecule has 88 valence electrons. The molecule has 0 unspecified atom stereocenters. The molecule has 0 radical (unpaired) electrons. The molecule has 2 heterocycles. The van der Waals surface area contributed by atoms with E-state index in [0.29, 0.717) is 12.5 Å². The summed E-state index contributed by atoms with van der Waals surface area (Å²) in [5.74, 6) is 0.702. The van der Waals surface area contributed by atoms with Gasteiger partial charge in [0.15, 0.2) is 0 Å². The third kappa shape index (κ3) is 3.88. The fourth-order valence-electron chi connectivity index (χ4n) is 1.55. The van der Waals surface area contributed by atoms with Gasteiger partial charge in [-0.15, -0.1) is 0 Å². The molecule has 1 saturated heterocycles. The summed E-state index contributed by atoms with van der Waals surface area (Å²) in [7, 11) is 0. The number of nitrogens with zero attached hydrogens (tertiary/aromatic N) is 2. The number of hydrogen-bond donors (Lipinski definition) is 0. The summed E-state index contributed by atoms with van der Waals surface area (Å²) in [4.78, 5) is 6.53. The number of halogens is 1. The highest BCUT2D eigenvalue weighted by Crippen LogP contribution is 2.09. The maximum absolute atomic E-state index is 5.57. The Hall–Kier alpha value is -0.400. The minimum absolute atomic E-state index is 0.688. The zero-order valence-corrected chi connectivity index (χ0v) is 11.2. The summed E-state index contributed by atoms with van der Waals surface area (Å²) in [6.07, 6.45) is 1.81. The van der Waals surface area contributed by atoms with Crippen molar-refractivity contribution in [2.75, 3.05) is 39.5 Å². The van der Waals surface area contributed by atoms with Gasteiger partial charge in [-0.2, -0.15) is 0 Å². The van der Waals surface area contributed by atoms with Crippen molar-refractivity contribution in [2.24, 2.45) is 0 Å². The lowest BCUT2D eigenvalue weighted by Crippen LogP contribution is -2.38. The molecule has 1 aromatic heterocycles. The normalized spacial score (nSPS) is 17.3. The van der Waals surface area contributed by atoms with E-state index >= 15 is 0 Å². The van der Waals surface area contributed by atoms with Gasteiger partial charge in [-0.3, -0.25) is 4.90 Å². The van der Waals surface area contributed by atoms with Crippen LogP contribution in [0, 0.1) is 3.57 Å². The minimum Gasteiger partial charge on any atom is -0.476 e. The zero-order chi connectivity index (χ0) is 11.2. The van der Waals surface area contributed by atoms with Crippen molar-refractivity contribution in [3.8, 4) is 5.88 Å². The molecule has 1 aliphatic rings. The number of morpholine rings is 1. The molecule has 5 heteroatoms. The second-order valence-corrected chi connectivity index (χ2v) is 4.86. The van der Waals surface area contributed by atoms with Gasteiger partial charge in [0.2, 0.25) is 5.88 Å². The molecule has 0 atom stereocenters. The van der Waals surface area contributed by atoms with Gasteiger partial charge in [0, 0.05) is 35.5 Å². The lowest BCUT2D eigenvalue weighted by atomic mass is 10.4. The van der Waals surface area contributed by atoms with Crippen LogP contribution in [0.5, 0.6) is 5.88 Å². The summed E-state index contributed by atoms with van der Waals surface area (Å²) in [5, 5.41) is 0. The maximum atomic E-state index is 5.57. The largest absolute Gasteiger partial charge is 0.476 e. The maximum Gasteiger partial charge on any atom is 0.213 e. The quantitative estimate of drug-likeness (QED) is 0.780. The van der Waals surface area contributed by atoms with Gasteiger partial charge < -0.3 is 9.47 Å². The van der Waals surface area contributed by atoms with Gasteiger partial charge in [0.1, 0.15) is 6.61 Å². The topological polar surface area (TPSA) is 34.6 Å². The van der Waals surface area contributed by atoms with Crippen LogP contribution in [-0.2, 0) is 4.74 Å². The van der Waals surface area contributed by atoms with Gasteiger partial charge in [-0.1, -0.05) is 0 Å². The number of rotatable bonds is 4. The van der Waals surface area contributed by atoms with Crippen molar-refractivity contribution in [3.05, 3.63) is 21.9 Å². The molecule has 4 nitrogen and oxygen atoms in total. The zero-order valence-electron chi connectivity index (χ0n) is 9.06. The molecule has 1 aromatic rings. The Morgan fingerprint density at radius 2 is 2.19 bits per heavy atom. The number of ether oxygens (including phenoxy) is 2. The first-order valence-corrected chi connectivity index (χ1v) is 6.47. The molecule has 0 aromatic carbocycles. The highest BCUT2D eigenvalue weighted by molar-refractivity contribution is 14.1. The molecule has 0 bridgehead atoms. The van der Waals surface area contributed by atoms with E-state index in [1.54, 1.807) is 0 Å². The Balaban J connectivity index is 1.69. The molecule has 0 N–H and O–H groups in total. The molecule has 1 aliphatic heterocycles. The van der Waals surface area contributed by atoms with Crippen LogP contribution >= 0.6 is 22.6 Å². The van der Waals surface area contributed by atoms with Crippen molar-refractivity contribution in [2.45, 2.75) is 0 Å². The fraction of sp³-hybridized carbons (Fsp3) is 0.545. The second-order valence-electron chi connectivity index (χ2n) is 3.62. The molecule has 0 amide bonds. The summed E-state index contributed by atoms with van der Waals surface area (Å²) >= 11 is 2.23. The fourth-order valence-corrected chi connectivity index (χ4v) is 1.87. The molecule has 0 saturated carbocycles. The van der Waals surface area contributed by atoms with Crippen molar-refractivity contribution < 1.29 is 9.47 Å². The van der Waals surface area contributed by atoms with E-state index in [1.165, 1.54) is 0 Å². The SMILES string of the molecule is Ic1ccc(OCCN2CCOCC2)nc1.